The molecular formula is C18H26N2O3S. The first-order valence-corrected chi connectivity index (χ1v) is 9.88. The molecule has 0 saturated carbocycles. The lowest BCUT2D eigenvalue weighted by molar-refractivity contribution is 0.532. The summed E-state index contributed by atoms with van der Waals surface area (Å²) in [7, 11) is -3.38. The average molecular weight is 350 g/mol. The van der Waals surface area contributed by atoms with Crippen molar-refractivity contribution >= 4 is 21.6 Å². The monoisotopic (exact) mass is 350 g/mol. The van der Waals surface area contributed by atoms with Crippen LogP contribution < -0.4 is 10.0 Å². The summed E-state index contributed by atoms with van der Waals surface area (Å²) in [6, 6.07) is 11.8. The molecule has 0 bridgehead atoms. The Morgan fingerprint density at radius 3 is 2.42 bits per heavy atom. The van der Waals surface area contributed by atoms with E-state index in [-0.39, 0.29) is 5.88 Å². The van der Waals surface area contributed by atoms with Crippen molar-refractivity contribution in [1.82, 2.24) is 0 Å². The third-order valence-corrected chi connectivity index (χ3v) is 5.49. The van der Waals surface area contributed by atoms with Crippen molar-refractivity contribution in [2.45, 2.75) is 51.8 Å². The maximum atomic E-state index is 11.8. The highest BCUT2D eigenvalue weighted by molar-refractivity contribution is 7.93. The third-order valence-electron chi connectivity index (χ3n) is 3.76. The Balaban J connectivity index is 1.89. The van der Waals surface area contributed by atoms with E-state index >= 15 is 0 Å². The van der Waals surface area contributed by atoms with Gasteiger partial charge in [-0.1, -0.05) is 25.5 Å². The highest BCUT2D eigenvalue weighted by Gasteiger charge is 2.17. The average Bonchev–Trinajstić information content (AvgIpc) is 2.98. The van der Waals surface area contributed by atoms with Crippen molar-refractivity contribution in [3.63, 3.8) is 0 Å². The molecule has 2 rings (SSSR count). The predicted octanol–water partition coefficient (Wildman–Crippen LogP) is 4.38. The normalized spacial score (nSPS) is 11.7. The van der Waals surface area contributed by atoms with Crippen LogP contribution >= 0.6 is 0 Å². The molecule has 1 heterocycles. The van der Waals surface area contributed by atoms with Gasteiger partial charge in [-0.15, -0.1) is 0 Å². The molecule has 132 valence electrons. The number of nitrogens with one attached hydrogen (secondary N) is 2. The van der Waals surface area contributed by atoms with E-state index in [9.17, 15) is 8.42 Å². The highest BCUT2D eigenvalue weighted by atomic mass is 32.2. The van der Waals surface area contributed by atoms with E-state index in [2.05, 4.69) is 41.2 Å². The lowest BCUT2D eigenvalue weighted by Gasteiger charge is -2.08. The first-order chi connectivity index (χ1) is 11.4. The molecule has 0 unspecified atom stereocenters. The lowest BCUT2D eigenvalue weighted by atomic mass is 10.1. The van der Waals surface area contributed by atoms with Crippen molar-refractivity contribution in [2.24, 2.45) is 0 Å². The molecule has 2 aromatic rings. The SMILES string of the molecule is CCCCc1ccc(NCc2ccc(NS(=O)(=O)C(C)C)o2)cc1. The van der Waals surface area contributed by atoms with Crippen molar-refractivity contribution in [1.29, 1.82) is 0 Å². The molecule has 0 atom stereocenters. The third kappa shape index (κ3) is 5.30. The number of hydrogen-bond acceptors (Lipinski definition) is 4. The van der Waals surface area contributed by atoms with Gasteiger partial charge in [0.05, 0.1) is 11.8 Å². The zero-order valence-electron chi connectivity index (χ0n) is 14.5. The first-order valence-electron chi connectivity index (χ1n) is 8.34. The van der Waals surface area contributed by atoms with Crippen LogP contribution in [0.5, 0.6) is 0 Å². The van der Waals surface area contributed by atoms with Gasteiger partial charge in [0.1, 0.15) is 5.76 Å². The van der Waals surface area contributed by atoms with Crippen LogP contribution in [-0.2, 0) is 23.0 Å². The zero-order valence-corrected chi connectivity index (χ0v) is 15.3. The van der Waals surface area contributed by atoms with Gasteiger partial charge in [-0.05, 0) is 50.5 Å². The maximum Gasteiger partial charge on any atom is 0.237 e. The van der Waals surface area contributed by atoms with Crippen LogP contribution in [0.15, 0.2) is 40.8 Å². The number of aryl methyl sites for hydroxylation is 1. The van der Waals surface area contributed by atoms with Gasteiger partial charge in [-0.25, -0.2) is 8.42 Å². The molecule has 0 spiro atoms. The van der Waals surface area contributed by atoms with E-state index < -0.39 is 15.3 Å². The Bertz CT molecular complexity index is 734. The smallest absolute Gasteiger partial charge is 0.237 e. The minimum Gasteiger partial charge on any atom is -0.443 e. The Morgan fingerprint density at radius 1 is 1.08 bits per heavy atom. The van der Waals surface area contributed by atoms with E-state index in [1.54, 1.807) is 26.0 Å². The largest absolute Gasteiger partial charge is 0.443 e. The summed E-state index contributed by atoms with van der Waals surface area (Å²) in [5.74, 6) is 0.918. The van der Waals surface area contributed by atoms with Crippen LogP contribution in [-0.4, -0.2) is 13.7 Å². The molecule has 0 radical (unpaired) electrons. The van der Waals surface area contributed by atoms with Gasteiger partial charge in [0.2, 0.25) is 15.9 Å². The molecule has 1 aromatic heterocycles. The summed E-state index contributed by atoms with van der Waals surface area (Å²) in [6.07, 6.45) is 3.50. The number of furan rings is 1. The van der Waals surface area contributed by atoms with Crippen LogP contribution in [0.1, 0.15) is 44.9 Å². The van der Waals surface area contributed by atoms with Gasteiger partial charge in [0.15, 0.2) is 0 Å². The fourth-order valence-corrected chi connectivity index (χ4v) is 2.77. The lowest BCUT2D eigenvalue weighted by Crippen LogP contribution is -2.22. The number of hydrogen-bond donors (Lipinski definition) is 2. The van der Waals surface area contributed by atoms with Crippen molar-refractivity contribution in [2.75, 3.05) is 10.0 Å². The van der Waals surface area contributed by atoms with E-state index in [1.165, 1.54) is 18.4 Å². The molecule has 0 amide bonds. The summed E-state index contributed by atoms with van der Waals surface area (Å²) in [5.41, 5.74) is 2.35. The second-order valence-corrected chi connectivity index (χ2v) is 8.35. The van der Waals surface area contributed by atoms with Crippen molar-refractivity contribution < 1.29 is 12.8 Å². The van der Waals surface area contributed by atoms with Crippen molar-refractivity contribution in [3.05, 3.63) is 47.7 Å². The number of anilines is 2. The zero-order chi connectivity index (χ0) is 17.6. The molecule has 5 nitrogen and oxygen atoms in total. The Morgan fingerprint density at radius 2 is 1.79 bits per heavy atom. The molecule has 6 heteroatoms. The number of sulfonamides is 1. The second-order valence-electron chi connectivity index (χ2n) is 6.12. The molecule has 0 saturated heterocycles. The molecular weight excluding hydrogens is 324 g/mol. The molecule has 0 aliphatic heterocycles. The van der Waals surface area contributed by atoms with Crippen LogP contribution in [0.25, 0.3) is 0 Å². The van der Waals surface area contributed by atoms with Gasteiger partial charge < -0.3 is 9.73 Å². The standard InChI is InChI=1S/C18H26N2O3S/c1-4-5-6-15-7-9-16(10-8-15)19-13-17-11-12-18(23-17)20-24(21,22)14(2)3/h7-12,14,19-20H,4-6,13H2,1-3H3. The minimum absolute atomic E-state index is 0.246. The molecule has 24 heavy (non-hydrogen) atoms. The first kappa shape index (κ1) is 18.4. The second kappa shape index (κ2) is 8.24. The quantitative estimate of drug-likeness (QED) is 0.704. The summed E-state index contributed by atoms with van der Waals surface area (Å²) >= 11 is 0. The number of rotatable bonds is 9. The fourth-order valence-electron chi connectivity index (χ4n) is 2.15. The summed E-state index contributed by atoms with van der Waals surface area (Å²) in [6.45, 7) is 5.93. The Kier molecular flexibility index (Phi) is 6.31. The predicted molar refractivity (Wildman–Crippen MR) is 98.8 cm³/mol. The fraction of sp³-hybridized carbons (Fsp3) is 0.444. The topological polar surface area (TPSA) is 71.3 Å². The van der Waals surface area contributed by atoms with Gasteiger partial charge in [0.25, 0.3) is 0 Å². The summed E-state index contributed by atoms with van der Waals surface area (Å²) in [5, 5.41) is 2.77. The van der Waals surface area contributed by atoms with Crippen LogP contribution in [0, 0.1) is 0 Å². The minimum atomic E-state index is -3.38. The molecule has 2 N–H and O–H groups in total. The van der Waals surface area contributed by atoms with E-state index in [0.29, 0.717) is 12.3 Å². The number of benzene rings is 1. The van der Waals surface area contributed by atoms with Crippen LogP contribution in [0.4, 0.5) is 11.6 Å². The highest BCUT2D eigenvalue weighted by Crippen LogP contribution is 2.18. The maximum absolute atomic E-state index is 11.8. The van der Waals surface area contributed by atoms with Crippen LogP contribution in [0.3, 0.4) is 0 Å². The Hall–Kier alpha value is -1.95. The molecule has 0 fully saturated rings. The molecule has 0 aliphatic rings. The van der Waals surface area contributed by atoms with Crippen molar-refractivity contribution in [3.8, 4) is 0 Å². The van der Waals surface area contributed by atoms with Gasteiger partial charge >= 0.3 is 0 Å². The number of unbranched alkanes of at least 4 members (excludes halogenated alkanes) is 1. The van der Waals surface area contributed by atoms with E-state index in [1.807, 2.05) is 0 Å². The van der Waals surface area contributed by atoms with E-state index in [4.69, 9.17) is 4.42 Å². The molecule has 1 aromatic carbocycles. The van der Waals surface area contributed by atoms with Gasteiger partial charge in [-0.3, -0.25) is 4.72 Å². The van der Waals surface area contributed by atoms with Gasteiger partial charge in [0, 0.05) is 11.8 Å². The molecule has 0 aliphatic carbocycles. The summed E-state index contributed by atoms with van der Waals surface area (Å²) in [4.78, 5) is 0. The van der Waals surface area contributed by atoms with Crippen LogP contribution in [0.2, 0.25) is 0 Å². The Labute approximate surface area is 144 Å². The van der Waals surface area contributed by atoms with Gasteiger partial charge in [-0.2, -0.15) is 0 Å². The van der Waals surface area contributed by atoms with E-state index in [0.717, 1.165) is 12.1 Å². The summed E-state index contributed by atoms with van der Waals surface area (Å²) < 4.78 is 31.6.